The summed E-state index contributed by atoms with van der Waals surface area (Å²) in [5.74, 6) is -0.424. The monoisotopic (exact) mass is 370 g/mol. The third kappa shape index (κ3) is 3.36. The summed E-state index contributed by atoms with van der Waals surface area (Å²) in [6.45, 7) is 0. The number of hydrogen-bond acceptors (Lipinski definition) is 5. The van der Waals surface area contributed by atoms with Crippen molar-refractivity contribution in [1.29, 1.82) is 0 Å². The predicted octanol–water partition coefficient (Wildman–Crippen LogP) is 3.69. The number of halogens is 3. The molecule has 0 saturated heterocycles. The Morgan fingerprint density at radius 2 is 1.64 bits per heavy atom. The van der Waals surface area contributed by atoms with Crippen LogP contribution in [0.25, 0.3) is 22.3 Å². The molecular formula is C16H9F3O5S. The van der Waals surface area contributed by atoms with Gasteiger partial charge in [-0.1, -0.05) is 30.3 Å². The van der Waals surface area contributed by atoms with E-state index in [1.54, 1.807) is 30.3 Å². The van der Waals surface area contributed by atoms with Crippen molar-refractivity contribution >= 4 is 21.1 Å². The molecule has 0 fully saturated rings. The highest BCUT2D eigenvalue weighted by Crippen LogP contribution is 2.29. The molecule has 9 heteroatoms. The fraction of sp³-hybridized carbons (Fsp3) is 0.0625. The lowest BCUT2D eigenvalue weighted by Gasteiger charge is -2.10. The van der Waals surface area contributed by atoms with E-state index in [9.17, 15) is 26.4 Å². The normalized spacial score (nSPS) is 12.3. The van der Waals surface area contributed by atoms with Crippen molar-refractivity contribution in [3.63, 3.8) is 0 Å². The molecule has 2 aromatic carbocycles. The lowest BCUT2D eigenvalue weighted by atomic mass is 10.1. The molecular weight excluding hydrogens is 361 g/mol. The molecule has 0 unspecified atom stereocenters. The number of alkyl halides is 3. The predicted molar refractivity (Wildman–Crippen MR) is 83.5 cm³/mol. The van der Waals surface area contributed by atoms with Crippen LogP contribution >= 0.6 is 0 Å². The van der Waals surface area contributed by atoms with Crippen LogP contribution in [-0.2, 0) is 10.1 Å². The van der Waals surface area contributed by atoms with Crippen molar-refractivity contribution in [3.05, 3.63) is 64.8 Å². The first kappa shape index (κ1) is 17.0. The molecule has 0 bridgehead atoms. The molecule has 1 heterocycles. The second-order valence-corrected chi connectivity index (χ2v) is 6.52. The molecule has 0 radical (unpaired) electrons. The van der Waals surface area contributed by atoms with Gasteiger partial charge in [-0.05, 0) is 12.1 Å². The molecule has 0 aliphatic carbocycles. The van der Waals surface area contributed by atoms with E-state index in [4.69, 9.17) is 4.42 Å². The molecule has 0 amide bonds. The van der Waals surface area contributed by atoms with Gasteiger partial charge in [0.25, 0.3) is 0 Å². The Bertz CT molecular complexity index is 1090. The first-order chi connectivity index (χ1) is 11.7. The Morgan fingerprint density at radius 1 is 0.960 bits per heavy atom. The molecule has 0 spiro atoms. The van der Waals surface area contributed by atoms with E-state index < -0.39 is 26.8 Å². The van der Waals surface area contributed by atoms with E-state index in [0.717, 1.165) is 18.2 Å². The number of fused-ring (bicyclic) bond motifs is 1. The fourth-order valence-corrected chi connectivity index (χ4v) is 2.56. The molecule has 0 aliphatic heterocycles. The molecule has 25 heavy (non-hydrogen) atoms. The lowest BCUT2D eigenvalue weighted by molar-refractivity contribution is -0.0500. The molecule has 1 aromatic heterocycles. The zero-order chi connectivity index (χ0) is 18.2. The Morgan fingerprint density at radius 3 is 2.28 bits per heavy atom. The highest BCUT2D eigenvalue weighted by atomic mass is 32.2. The Balaban J connectivity index is 2.10. The Kier molecular flexibility index (Phi) is 4.03. The van der Waals surface area contributed by atoms with Crippen molar-refractivity contribution in [2.45, 2.75) is 5.51 Å². The van der Waals surface area contributed by atoms with Gasteiger partial charge < -0.3 is 8.60 Å². The van der Waals surface area contributed by atoms with Gasteiger partial charge in [0, 0.05) is 17.7 Å². The lowest BCUT2D eigenvalue weighted by Crippen LogP contribution is -2.28. The highest BCUT2D eigenvalue weighted by molar-refractivity contribution is 7.88. The standard InChI is InChI=1S/C16H9F3O5S/c17-16(18,19)25(21,22)24-11-6-7-12-13(20)9-14(23-15(12)8-11)10-4-2-1-3-5-10/h1-9H. The van der Waals surface area contributed by atoms with Crippen molar-refractivity contribution in [1.82, 2.24) is 0 Å². The summed E-state index contributed by atoms with van der Waals surface area (Å²) >= 11 is 0. The summed E-state index contributed by atoms with van der Waals surface area (Å²) in [7, 11) is -5.81. The van der Waals surface area contributed by atoms with Crippen LogP contribution in [0.1, 0.15) is 0 Å². The van der Waals surface area contributed by atoms with E-state index in [2.05, 4.69) is 4.18 Å². The Labute approximate surface area is 139 Å². The van der Waals surface area contributed by atoms with Gasteiger partial charge in [-0.25, -0.2) is 0 Å². The molecule has 0 saturated carbocycles. The van der Waals surface area contributed by atoms with Crippen LogP contribution in [0.2, 0.25) is 0 Å². The van der Waals surface area contributed by atoms with Crippen LogP contribution in [-0.4, -0.2) is 13.9 Å². The van der Waals surface area contributed by atoms with Crippen molar-refractivity contribution in [3.8, 4) is 17.1 Å². The molecule has 130 valence electrons. The molecule has 3 aromatic rings. The van der Waals surface area contributed by atoms with Gasteiger partial charge in [0.2, 0.25) is 0 Å². The zero-order valence-electron chi connectivity index (χ0n) is 12.3. The third-order valence-corrected chi connectivity index (χ3v) is 4.23. The van der Waals surface area contributed by atoms with Gasteiger partial charge in [-0.15, -0.1) is 0 Å². The minimum Gasteiger partial charge on any atom is -0.456 e. The number of hydrogen-bond donors (Lipinski definition) is 0. The zero-order valence-corrected chi connectivity index (χ0v) is 13.1. The van der Waals surface area contributed by atoms with E-state index in [1.807, 2.05) is 0 Å². The van der Waals surface area contributed by atoms with Crippen molar-refractivity contribution in [2.24, 2.45) is 0 Å². The first-order valence-corrected chi connectivity index (χ1v) is 8.22. The van der Waals surface area contributed by atoms with Gasteiger partial charge in [0.1, 0.15) is 17.1 Å². The topological polar surface area (TPSA) is 73.6 Å². The van der Waals surface area contributed by atoms with Crippen LogP contribution < -0.4 is 9.61 Å². The van der Waals surface area contributed by atoms with Gasteiger partial charge in [-0.2, -0.15) is 21.6 Å². The number of rotatable bonds is 3. The summed E-state index contributed by atoms with van der Waals surface area (Å²) in [5, 5.41) is 0.0800. The average Bonchev–Trinajstić information content (AvgIpc) is 2.54. The molecule has 0 aliphatic rings. The minimum atomic E-state index is -5.81. The highest BCUT2D eigenvalue weighted by Gasteiger charge is 2.48. The van der Waals surface area contributed by atoms with E-state index in [0.29, 0.717) is 5.56 Å². The summed E-state index contributed by atoms with van der Waals surface area (Å²) < 4.78 is 68.9. The van der Waals surface area contributed by atoms with Crippen LogP contribution in [0.5, 0.6) is 5.75 Å². The van der Waals surface area contributed by atoms with E-state index in [-0.39, 0.29) is 16.7 Å². The maximum atomic E-state index is 12.4. The SMILES string of the molecule is O=c1cc(-c2ccccc2)oc2cc(OS(=O)(=O)C(F)(F)F)ccc12. The summed E-state index contributed by atoms with van der Waals surface area (Å²) in [6.07, 6.45) is 0. The third-order valence-electron chi connectivity index (χ3n) is 3.25. The maximum Gasteiger partial charge on any atom is 0.534 e. The van der Waals surface area contributed by atoms with Crippen LogP contribution in [0, 0.1) is 0 Å². The molecule has 3 rings (SSSR count). The van der Waals surface area contributed by atoms with E-state index in [1.165, 1.54) is 6.07 Å². The minimum absolute atomic E-state index is 0.0800. The van der Waals surface area contributed by atoms with Gasteiger partial charge in [-0.3, -0.25) is 4.79 Å². The summed E-state index contributed by atoms with van der Waals surface area (Å²) in [4.78, 5) is 12.1. The molecule has 5 nitrogen and oxygen atoms in total. The first-order valence-electron chi connectivity index (χ1n) is 6.81. The van der Waals surface area contributed by atoms with Crippen molar-refractivity contribution in [2.75, 3.05) is 0 Å². The maximum absolute atomic E-state index is 12.4. The largest absolute Gasteiger partial charge is 0.534 e. The second-order valence-electron chi connectivity index (χ2n) is 4.98. The average molecular weight is 370 g/mol. The van der Waals surface area contributed by atoms with Crippen molar-refractivity contribution < 1.29 is 30.2 Å². The van der Waals surface area contributed by atoms with Crippen LogP contribution in [0.4, 0.5) is 13.2 Å². The van der Waals surface area contributed by atoms with Crippen LogP contribution in [0.3, 0.4) is 0 Å². The smallest absolute Gasteiger partial charge is 0.456 e. The summed E-state index contributed by atoms with van der Waals surface area (Å²) in [6, 6.07) is 12.8. The van der Waals surface area contributed by atoms with Gasteiger partial charge >= 0.3 is 15.6 Å². The number of benzene rings is 2. The van der Waals surface area contributed by atoms with Gasteiger partial charge in [0.05, 0.1) is 5.39 Å². The quantitative estimate of drug-likeness (QED) is 0.519. The molecule has 0 atom stereocenters. The van der Waals surface area contributed by atoms with E-state index >= 15 is 0 Å². The fourth-order valence-electron chi connectivity index (χ4n) is 2.11. The summed E-state index contributed by atoms with van der Waals surface area (Å²) in [5.41, 5.74) is -5.50. The Hall–Kier alpha value is -2.81. The van der Waals surface area contributed by atoms with Crippen LogP contribution in [0.15, 0.2) is 63.8 Å². The molecule has 0 N–H and O–H groups in total. The second kappa shape index (κ2) is 5.92. The van der Waals surface area contributed by atoms with Gasteiger partial charge in [0.15, 0.2) is 5.43 Å².